The number of fused-ring (bicyclic) bond motifs is 1. The van der Waals surface area contributed by atoms with E-state index in [1.807, 2.05) is 6.92 Å². The summed E-state index contributed by atoms with van der Waals surface area (Å²) in [6.07, 6.45) is 5.21. The molecule has 1 aliphatic rings. The molecule has 1 fully saturated rings. The second-order valence-electron chi connectivity index (χ2n) is 6.44. The van der Waals surface area contributed by atoms with Crippen LogP contribution in [0.3, 0.4) is 0 Å². The molecule has 0 aromatic carbocycles. The van der Waals surface area contributed by atoms with Gasteiger partial charge in [-0.2, -0.15) is 0 Å². The van der Waals surface area contributed by atoms with E-state index in [0.717, 1.165) is 47.7 Å². The van der Waals surface area contributed by atoms with Gasteiger partial charge in [-0.1, -0.05) is 11.3 Å². The third kappa shape index (κ3) is 3.63. The zero-order chi connectivity index (χ0) is 18.8. The van der Waals surface area contributed by atoms with Crippen molar-refractivity contribution in [3.63, 3.8) is 0 Å². The van der Waals surface area contributed by atoms with Crippen LogP contribution in [-0.2, 0) is 4.74 Å². The van der Waals surface area contributed by atoms with Gasteiger partial charge in [-0.3, -0.25) is 20.1 Å². The van der Waals surface area contributed by atoms with Gasteiger partial charge in [0.2, 0.25) is 0 Å². The topological polar surface area (TPSA) is 86.2 Å². The minimum absolute atomic E-state index is 0.209. The van der Waals surface area contributed by atoms with Gasteiger partial charge >= 0.3 is 0 Å². The predicted octanol–water partition coefficient (Wildman–Crippen LogP) is 3.55. The van der Waals surface area contributed by atoms with Crippen LogP contribution in [0.5, 0.6) is 5.75 Å². The van der Waals surface area contributed by atoms with Gasteiger partial charge in [-0.25, -0.2) is 4.98 Å². The molecule has 0 unspecified atom stereocenters. The molecule has 8 heteroatoms. The number of ether oxygens (including phenoxy) is 2. The van der Waals surface area contributed by atoms with Crippen LogP contribution in [0, 0.1) is 6.92 Å². The van der Waals surface area contributed by atoms with Gasteiger partial charge < -0.3 is 9.47 Å². The first-order valence-electron chi connectivity index (χ1n) is 8.81. The Bertz CT molecular complexity index is 982. The number of nitrogens with one attached hydrogen (secondary N) is 1. The van der Waals surface area contributed by atoms with Crippen LogP contribution in [0.4, 0.5) is 5.13 Å². The van der Waals surface area contributed by atoms with Crippen LogP contribution < -0.4 is 10.1 Å². The highest BCUT2D eigenvalue weighted by atomic mass is 32.1. The average molecular weight is 384 g/mol. The molecule has 1 amide bonds. The van der Waals surface area contributed by atoms with Crippen molar-refractivity contribution in [1.29, 1.82) is 0 Å². The third-order valence-corrected chi connectivity index (χ3v) is 5.61. The molecule has 3 aromatic rings. The molecular weight excluding hydrogens is 364 g/mol. The van der Waals surface area contributed by atoms with Crippen molar-refractivity contribution in [1.82, 2.24) is 15.0 Å². The van der Waals surface area contributed by atoms with Crippen molar-refractivity contribution in [2.45, 2.75) is 25.7 Å². The summed E-state index contributed by atoms with van der Waals surface area (Å²) in [6, 6.07) is 3.43. The number of pyridine rings is 2. The Morgan fingerprint density at radius 1 is 1.33 bits per heavy atom. The van der Waals surface area contributed by atoms with Crippen LogP contribution in [0.25, 0.3) is 10.2 Å². The van der Waals surface area contributed by atoms with Crippen molar-refractivity contribution in [2.24, 2.45) is 0 Å². The molecule has 27 heavy (non-hydrogen) atoms. The molecule has 1 N–H and O–H groups in total. The standard InChI is InChI=1S/C19H20N4O3S/c1-11-9-13(3-6-20-11)18(24)23-19-22-16-14(25-2)10-21-15(17(16)27-19)12-4-7-26-8-5-12/h3,6,9-10,12H,4-5,7-8H2,1-2H3,(H,22,23,24). The molecule has 1 aliphatic heterocycles. The van der Waals surface area contributed by atoms with Crippen LogP contribution in [0.1, 0.15) is 40.5 Å². The average Bonchev–Trinajstić information content (AvgIpc) is 3.11. The molecule has 0 aliphatic carbocycles. The first-order valence-corrected chi connectivity index (χ1v) is 9.62. The van der Waals surface area contributed by atoms with Gasteiger partial charge in [0.05, 0.1) is 23.7 Å². The second kappa shape index (κ2) is 7.58. The van der Waals surface area contributed by atoms with Gasteiger partial charge in [0.1, 0.15) is 5.52 Å². The van der Waals surface area contributed by atoms with E-state index in [0.29, 0.717) is 22.4 Å². The summed E-state index contributed by atoms with van der Waals surface area (Å²) in [4.78, 5) is 25.9. The van der Waals surface area contributed by atoms with Crippen LogP contribution >= 0.6 is 11.3 Å². The normalized spacial score (nSPS) is 15.0. The van der Waals surface area contributed by atoms with Gasteiger partial charge in [0, 0.05) is 36.6 Å². The largest absolute Gasteiger partial charge is 0.493 e. The number of rotatable bonds is 4. The summed E-state index contributed by atoms with van der Waals surface area (Å²) in [6.45, 7) is 3.33. The monoisotopic (exact) mass is 384 g/mol. The quantitative estimate of drug-likeness (QED) is 0.740. The third-order valence-electron chi connectivity index (χ3n) is 4.62. The van der Waals surface area contributed by atoms with Gasteiger partial charge in [0.15, 0.2) is 10.9 Å². The molecule has 0 bridgehead atoms. The first kappa shape index (κ1) is 17.8. The number of carbonyl (C=O) groups is 1. The van der Waals surface area contributed by atoms with Crippen LogP contribution in [0.2, 0.25) is 0 Å². The minimum Gasteiger partial charge on any atom is -0.493 e. The highest BCUT2D eigenvalue weighted by molar-refractivity contribution is 7.22. The number of thiazole rings is 1. The van der Waals surface area contributed by atoms with E-state index in [-0.39, 0.29) is 5.91 Å². The lowest BCUT2D eigenvalue weighted by Gasteiger charge is -2.21. The molecule has 7 nitrogen and oxygen atoms in total. The Labute approximate surface area is 160 Å². The molecule has 4 rings (SSSR count). The zero-order valence-electron chi connectivity index (χ0n) is 15.2. The lowest BCUT2D eigenvalue weighted by atomic mass is 9.96. The summed E-state index contributed by atoms with van der Waals surface area (Å²) in [5, 5.41) is 3.42. The van der Waals surface area contributed by atoms with E-state index >= 15 is 0 Å². The maximum Gasteiger partial charge on any atom is 0.257 e. The van der Waals surface area contributed by atoms with E-state index < -0.39 is 0 Å². The van der Waals surface area contributed by atoms with Crippen LogP contribution in [-0.4, -0.2) is 41.2 Å². The van der Waals surface area contributed by atoms with E-state index in [1.54, 1.807) is 31.6 Å². The number of hydrogen-bond acceptors (Lipinski definition) is 7. The number of aromatic nitrogens is 3. The lowest BCUT2D eigenvalue weighted by Crippen LogP contribution is -2.15. The molecule has 0 radical (unpaired) electrons. The van der Waals surface area contributed by atoms with Gasteiger partial charge in [-0.05, 0) is 31.9 Å². The first-order chi connectivity index (χ1) is 13.2. The molecule has 3 aromatic heterocycles. The van der Waals surface area contributed by atoms with E-state index in [4.69, 9.17) is 9.47 Å². The van der Waals surface area contributed by atoms with Crippen molar-refractivity contribution >= 4 is 32.6 Å². The van der Waals surface area contributed by atoms with Gasteiger partial charge in [0.25, 0.3) is 5.91 Å². The summed E-state index contributed by atoms with van der Waals surface area (Å²) >= 11 is 1.43. The smallest absolute Gasteiger partial charge is 0.257 e. The summed E-state index contributed by atoms with van der Waals surface area (Å²) in [7, 11) is 1.60. The van der Waals surface area contributed by atoms with E-state index in [1.165, 1.54) is 11.3 Å². The molecule has 1 saturated heterocycles. The Morgan fingerprint density at radius 2 is 2.15 bits per heavy atom. The molecule has 140 valence electrons. The number of carbonyl (C=O) groups excluding carboxylic acids is 1. The highest BCUT2D eigenvalue weighted by Gasteiger charge is 2.23. The molecule has 0 spiro atoms. The summed E-state index contributed by atoms with van der Waals surface area (Å²) in [5.41, 5.74) is 3.09. The summed E-state index contributed by atoms with van der Waals surface area (Å²) in [5.74, 6) is 0.732. The Balaban J connectivity index is 1.68. The number of amides is 1. The van der Waals surface area contributed by atoms with Crippen molar-refractivity contribution in [2.75, 3.05) is 25.6 Å². The highest BCUT2D eigenvalue weighted by Crippen LogP contribution is 2.39. The fraction of sp³-hybridized carbons (Fsp3) is 0.368. The number of hydrogen-bond donors (Lipinski definition) is 1. The fourth-order valence-electron chi connectivity index (χ4n) is 3.23. The van der Waals surface area contributed by atoms with Crippen molar-refractivity contribution < 1.29 is 14.3 Å². The van der Waals surface area contributed by atoms with E-state index in [9.17, 15) is 4.79 Å². The maximum atomic E-state index is 12.5. The van der Waals surface area contributed by atoms with Crippen LogP contribution in [0.15, 0.2) is 24.5 Å². The van der Waals surface area contributed by atoms with Crippen molar-refractivity contribution in [3.8, 4) is 5.75 Å². The Hall–Kier alpha value is -2.58. The molecule has 0 atom stereocenters. The number of nitrogens with zero attached hydrogens (tertiary/aromatic N) is 3. The van der Waals surface area contributed by atoms with Gasteiger partial charge in [-0.15, -0.1) is 0 Å². The SMILES string of the molecule is COc1cnc(C2CCOCC2)c2sc(NC(=O)c3ccnc(C)c3)nc12. The van der Waals surface area contributed by atoms with Crippen molar-refractivity contribution in [3.05, 3.63) is 41.5 Å². The lowest BCUT2D eigenvalue weighted by molar-refractivity contribution is 0.0848. The number of aryl methyl sites for hydroxylation is 1. The summed E-state index contributed by atoms with van der Waals surface area (Å²) < 4.78 is 11.9. The van der Waals surface area contributed by atoms with E-state index in [2.05, 4.69) is 20.3 Å². The fourth-order valence-corrected chi connectivity index (χ4v) is 4.27. The second-order valence-corrected chi connectivity index (χ2v) is 7.43. The number of anilines is 1. The Kier molecular flexibility index (Phi) is 5.00. The molecular formula is C19H20N4O3S. The molecule has 4 heterocycles. The maximum absolute atomic E-state index is 12.5. The molecule has 0 saturated carbocycles. The predicted molar refractivity (Wildman–Crippen MR) is 104 cm³/mol. The Morgan fingerprint density at radius 3 is 2.89 bits per heavy atom. The number of methoxy groups -OCH3 is 1. The minimum atomic E-state index is -0.209. The zero-order valence-corrected chi connectivity index (χ0v) is 16.0.